The third-order valence-electron chi connectivity index (χ3n) is 3.68. The third-order valence-corrected chi connectivity index (χ3v) is 3.68. The Hall–Kier alpha value is -3.43. The normalized spacial score (nSPS) is 16.1. The van der Waals surface area contributed by atoms with Gasteiger partial charge in [0.2, 0.25) is 0 Å². The minimum absolute atomic E-state index is 0.184. The summed E-state index contributed by atoms with van der Waals surface area (Å²) in [5.74, 6) is -0.0395. The number of alkyl carbamates (subject to hydrolysis) is 1. The van der Waals surface area contributed by atoms with Gasteiger partial charge in [-0.3, -0.25) is 14.9 Å². The summed E-state index contributed by atoms with van der Waals surface area (Å²) in [5.41, 5.74) is 1.30. The van der Waals surface area contributed by atoms with E-state index in [-0.39, 0.29) is 18.7 Å². The van der Waals surface area contributed by atoms with Crippen LogP contribution in [0.2, 0.25) is 0 Å². The predicted octanol–water partition coefficient (Wildman–Crippen LogP) is 2.08. The van der Waals surface area contributed by atoms with E-state index in [9.17, 15) is 9.59 Å². The van der Waals surface area contributed by atoms with E-state index in [4.69, 9.17) is 9.57 Å². The van der Waals surface area contributed by atoms with Crippen LogP contribution in [0.4, 0.5) is 10.6 Å². The molecular weight excluding hydrogens is 364 g/mol. The van der Waals surface area contributed by atoms with Crippen molar-refractivity contribution in [2.45, 2.75) is 38.9 Å². The smallest absolute Gasteiger partial charge is 0.407 e. The van der Waals surface area contributed by atoms with Crippen molar-refractivity contribution in [2.24, 2.45) is 5.16 Å². The molecule has 0 radical (unpaired) electrons. The van der Waals surface area contributed by atoms with Crippen LogP contribution in [0.1, 0.15) is 27.2 Å². The molecule has 148 valence electrons. The summed E-state index contributed by atoms with van der Waals surface area (Å²) in [7, 11) is 0. The van der Waals surface area contributed by atoms with E-state index in [0.717, 1.165) is 11.3 Å². The van der Waals surface area contributed by atoms with E-state index in [1.165, 1.54) is 0 Å². The molecule has 0 spiro atoms. The maximum Gasteiger partial charge on any atom is 0.407 e. The first-order valence-electron chi connectivity index (χ1n) is 8.77. The molecule has 28 heavy (non-hydrogen) atoms. The van der Waals surface area contributed by atoms with E-state index < -0.39 is 23.7 Å². The average molecular weight is 386 g/mol. The molecule has 1 aliphatic heterocycles. The molecular formula is C18H22N6O4. The summed E-state index contributed by atoms with van der Waals surface area (Å²) in [6.45, 7) is 5.52. The first-order valence-corrected chi connectivity index (χ1v) is 8.77. The Morgan fingerprint density at radius 2 is 2.07 bits per heavy atom. The van der Waals surface area contributed by atoms with Crippen LogP contribution in [0.3, 0.4) is 0 Å². The number of H-pyrrole nitrogens is 1. The van der Waals surface area contributed by atoms with Gasteiger partial charge in [-0.2, -0.15) is 5.10 Å². The van der Waals surface area contributed by atoms with E-state index in [2.05, 4.69) is 31.0 Å². The number of nitrogens with zero attached hydrogens (tertiary/aromatic N) is 3. The number of nitrogens with one attached hydrogen (secondary N) is 3. The number of hydrogen-bond donors (Lipinski definition) is 3. The second-order valence-corrected chi connectivity index (χ2v) is 7.21. The quantitative estimate of drug-likeness (QED) is 0.721. The van der Waals surface area contributed by atoms with Gasteiger partial charge in [-0.05, 0) is 32.9 Å². The number of ether oxygens (including phenoxy) is 1. The molecule has 2 amide bonds. The van der Waals surface area contributed by atoms with Crippen molar-refractivity contribution in [3.63, 3.8) is 0 Å². The first kappa shape index (κ1) is 19.3. The third kappa shape index (κ3) is 5.29. The van der Waals surface area contributed by atoms with Gasteiger partial charge in [-0.25, -0.2) is 4.79 Å². The predicted molar refractivity (Wildman–Crippen MR) is 102 cm³/mol. The van der Waals surface area contributed by atoms with Crippen molar-refractivity contribution in [1.82, 2.24) is 20.5 Å². The van der Waals surface area contributed by atoms with Crippen LogP contribution in [0.5, 0.6) is 0 Å². The molecule has 2 aromatic rings. The highest BCUT2D eigenvalue weighted by Crippen LogP contribution is 2.19. The summed E-state index contributed by atoms with van der Waals surface area (Å²) in [6, 6.07) is 5.37. The standard InChI is InChI=1S/C18H22N6O4/c1-18(2,3)27-17(26)20-10-12-8-14(24-28-12)16(25)21-15-9-13(22-23-15)11-4-6-19-7-5-11/h4-7,9,12H,8,10H2,1-3H3,(H,20,26)(H2,21,22,23,25). The molecule has 0 fully saturated rings. The summed E-state index contributed by atoms with van der Waals surface area (Å²) >= 11 is 0. The highest BCUT2D eigenvalue weighted by molar-refractivity contribution is 6.43. The Kier molecular flexibility index (Phi) is 5.57. The number of amides is 2. The lowest BCUT2D eigenvalue weighted by molar-refractivity contribution is -0.110. The van der Waals surface area contributed by atoms with Gasteiger partial charge in [0.1, 0.15) is 11.3 Å². The molecule has 0 saturated heterocycles. The zero-order valence-electron chi connectivity index (χ0n) is 15.9. The number of oxime groups is 1. The number of pyridine rings is 1. The Morgan fingerprint density at radius 1 is 1.32 bits per heavy atom. The van der Waals surface area contributed by atoms with Crippen LogP contribution >= 0.6 is 0 Å². The van der Waals surface area contributed by atoms with Crippen LogP contribution in [0, 0.1) is 0 Å². The molecule has 0 saturated carbocycles. The molecule has 1 unspecified atom stereocenters. The fraction of sp³-hybridized carbons (Fsp3) is 0.389. The number of carbonyl (C=O) groups is 2. The molecule has 1 aliphatic rings. The van der Waals surface area contributed by atoms with Crippen LogP contribution in [-0.4, -0.2) is 51.1 Å². The van der Waals surface area contributed by atoms with Gasteiger partial charge in [-0.15, -0.1) is 0 Å². The van der Waals surface area contributed by atoms with Gasteiger partial charge in [0.25, 0.3) is 5.91 Å². The summed E-state index contributed by atoms with van der Waals surface area (Å²) in [4.78, 5) is 33.2. The lowest BCUT2D eigenvalue weighted by Gasteiger charge is -2.20. The fourth-order valence-electron chi connectivity index (χ4n) is 2.44. The minimum Gasteiger partial charge on any atom is -0.444 e. The Bertz CT molecular complexity index is 872. The van der Waals surface area contributed by atoms with Gasteiger partial charge >= 0.3 is 6.09 Å². The van der Waals surface area contributed by atoms with Crippen LogP contribution in [0.25, 0.3) is 11.3 Å². The SMILES string of the molecule is CC(C)(C)OC(=O)NCC1CC(C(=O)Nc2cc(-c3ccncc3)[nH]n2)=NO1. The van der Waals surface area contributed by atoms with Crippen LogP contribution in [0.15, 0.2) is 35.7 Å². The molecule has 0 aliphatic carbocycles. The summed E-state index contributed by atoms with van der Waals surface area (Å²) in [6.07, 6.45) is 2.63. The monoisotopic (exact) mass is 386 g/mol. The number of hydrogen-bond acceptors (Lipinski definition) is 7. The molecule has 10 nitrogen and oxygen atoms in total. The first-order chi connectivity index (χ1) is 13.3. The van der Waals surface area contributed by atoms with E-state index >= 15 is 0 Å². The highest BCUT2D eigenvalue weighted by atomic mass is 16.6. The molecule has 3 heterocycles. The topological polar surface area (TPSA) is 131 Å². The van der Waals surface area contributed by atoms with Crippen LogP contribution < -0.4 is 10.6 Å². The number of carbonyl (C=O) groups excluding carboxylic acids is 2. The molecule has 1 atom stereocenters. The van der Waals surface area contributed by atoms with E-state index in [0.29, 0.717) is 5.82 Å². The highest BCUT2D eigenvalue weighted by Gasteiger charge is 2.27. The maximum atomic E-state index is 12.3. The molecule has 0 aromatic carbocycles. The average Bonchev–Trinajstić information content (AvgIpc) is 3.29. The number of anilines is 1. The van der Waals surface area contributed by atoms with Crippen LogP contribution in [-0.2, 0) is 14.4 Å². The van der Waals surface area contributed by atoms with Gasteiger partial charge < -0.3 is 20.2 Å². The van der Waals surface area contributed by atoms with E-state index in [1.54, 1.807) is 39.2 Å². The van der Waals surface area contributed by atoms with Gasteiger partial charge in [-0.1, -0.05) is 5.16 Å². The molecule has 10 heteroatoms. The second-order valence-electron chi connectivity index (χ2n) is 7.21. The lowest BCUT2D eigenvalue weighted by atomic mass is 10.1. The zero-order chi connectivity index (χ0) is 20.1. The number of rotatable bonds is 5. The van der Waals surface area contributed by atoms with Gasteiger partial charge in [0.05, 0.1) is 12.2 Å². The van der Waals surface area contributed by atoms with Crippen molar-refractivity contribution in [2.75, 3.05) is 11.9 Å². The van der Waals surface area contributed by atoms with Gasteiger partial charge in [0, 0.05) is 30.4 Å². The van der Waals surface area contributed by atoms with Crippen molar-refractivity contribution in [3.8, 4) is 11.3 Å². The van der Waals surface area contributed by atoms with Gasteiger partial charge in [0.15, 0.2) is 11.9 Å². The van der Waals surface area contributed by atoms with Crippen molar-refractivity contribution < 1.29 is 19.2 Å². The maximum absolute atomic E-state index is 12.3. The minimum atomic E-state index is -0.583. The van der Waals surface area contributed by atoms with Crippen molar-refractivity contribution in [1.29, 1.82) is 0 Å². The number of aromatic nitrogens is 3. The Morgan fingerprint density at radius 3 is 2.79 bits per heavy atom. The lowest BCUT2D eigenvalue weighted by Crippen LogP contribution is -2.37. The fourth-order valence-corrected chi connectivity index (χ4v) is 2.44. The van der Waals surface area contributed by atoms with Crippen molar-refractivity contribution in [3.05, 3.63) is 30.6 Å². The van der Waals surface area contributed by atoms with E-state index in [1.807, 2.05) is 12.1 Å². The number of aromatic amines is 1. The summed E-state index contributed by atoms with van der Waals surface area (Å²) in [5, 5.41) is 16.0. The molecule has 3 N–H and O–H groups in total. The zero-order valence-corrected chi connectivity index (χ0v) is 15.9. The Balaban J connectivity index is 1.47. The largest absolute Gasteiger partial charge is 0.444 e. The molecule has 2 aromatic heterocycles. The second kappa shape index (κ2) is 8.07. The Labute approximate surface area is 161 Å². The molecule has 3 rings (SSSR count). The van der Waals surface area contributed by atoms with Crippen molar-refractivity contribution >= 4 is 23.5 Å². The summed E-state index contributed by atoms with van der Waals surface area (Å²) < 4.78 is 5.15. The molecule has 0 bridgehead atoms.